The number of piperidine rings is 1. The summed E-state index contributed by atoms with van der Waals surface area (Å²) in [5.74, 6) is 1.24. The van der Waals surface area contributed by atoms with E-state index >= 15 is 0 Å². The first kappa shape index (κ1) is 19.0. The van der Waals surface area contributed by atoms with Gasteiger partial charge in [0.25, 0.3) is 0 Å². The van der Waals surface area contributed by atoms with Gasteiger partial charge in [-0.1, -0.05) is 41.6 Å². The van der Waals surface area contributed by atoms with Crippen molar-refractivity contribution in [2.75, 3.05) is 18.4 Å². The zero-order valence-electron chi connectivity index (χ0n) is 16.5. The average Bonchev–Trinajstić information content (AvgIpc) is 3.46. The number of rotatable bonds is 5. The zero-order valence-corrected chi connectivity index (χ0v) is 17.3. The Morgan fingerprint density at radius 3 is 2.93 bits per heavy atom. The molecule has 0 spiro atoms. The molecule has 2 aromatic carbocycles. The van der Waals surface area contributed by atoms with Gasteiger partial charge >= 0.3 is 0 Å². The van der Waals surface area contributed by atoms with Crippen LogP contribution in [0.5, 0.6) is 0 Å². The number of nitrogens with zero attached hydrogens (tertiary/aromatic N) is 3. The van der Waals surface area contributed by atoms with E-state index in [4.69, 9.17) is 4.52 Å². The highest BCUT2D eigenvalue weighted by Gasteiger charge is 2.27. The van der Waals surface area contributed by atoms with E-state index in [-0.39, 0.29) is 11.8 Å². The van der Waals surface area contributed by atoms with E-state index in [9.17, 15) is 4.79 Å². The average molecular weight is 419 g/mol. The molecule has 3 heterocycles. The van der Waals surface area contributed by atoms with Crippen molar-refractivity contribution in [3.8, 4) is 10.7 Å². The first-order chi connectivity index (χ1) is 14.7. The molecule has 1 saturated heterocycles. The fourth-order valence-electron chi connectivity index (χ4n) is 3.94. The van der Waals surface area contributed by atoms with Crippen LogP contribution in [0.1, 0.15) is 18.7 Å². The first-order valence-corrected chi connectivity index (χ1v) is 11.0. The lowest BCUT2D eigenvalue weighted by Crippen LogP contribution is -2.40. The summed E-state index contributed by atoms with van der Waals surface area (Å²) in [7, 11) is 0. The van der Waals surface area contributed by atoms with Gasteiger partial charge in [0.15, 0.2) is 0 Å². The second-order valence-electron chi connectivity index (χ2n) is 7.61. The van der Waals surface area contributed by atoms with Crippen LogP contribution in [-0.4, -0.2) is 34.0 Å². The fraction of sp³-hybridized carbons (Fsp3) is 0.261. The van der Waals surface area contributed by atoms with Gasteiger partial charge in [0, 0.05) is 12.2 Å². The number of hydrogen-bond donors (Lipinski definition) is 1. The Labute approximate surface area is 178 Å². The van der Waals surface area contributed by atoms with Crippen molar-refractivity contribution in [2.45, 2.75) is 19.4 Å². The van der Waals surface area contributed by atoms with Crippen LogP contribution in [-0.2, 0) is 11.3 Å². The van der Waals surface area contributed by atoms with E-state index in [0.717, 1.165) is 35.3 Å². The standard InChI is InChI=1S/C23H22N4O2S/c28-23(24-19-10-9-16-5-1-2-6-17(16)13-19)18-7-3-11-27(14-18)15-21-25-22(26-29-21)20-8-4-12-30-20/h1-2,4-6,8-10,12-13,18H,3,7,11,14-15H2,(H,24,28). The van der Waals surface area contributed by atoms with Gasteiger partial charge in [0.1, 0.15) is 0 Å². The molecule has 0 radical (unpaired) electrons. The second kappa shape index (κ2) is 8.38. The van der Waals surface area contributed by atoms with Crippen molar-refractivity contribution in [3.05, 3.63) is 65.9 Å². The summed E-state index contributed by atoms with van der Waals surface area (Å²) in [4.78, 5) is 20.6. The molecule has 7 heteroatoms. The van der Waals surface area contributed by atoms with Crippen LogP contribution in [0.15, 0.2) is 64.5 Å². The summed E-state index contributed by atoms with van der Waals surface area (Å²) < 4.78 is 5.43. The number of carbonyl (C=O) groups excluding carboxylic acids is 1. The third-order valence-corrected chi connectivity index (χ3v) is 6.33. The lowest BCUT2D eigenvalue weighted by atomic mass is 9.97. The first-order valence-electron chi connectivity index (χ1n) is 10.1. The quantitative estimate of drug-likeness (QED) is 0.504. The number of anilines is 1. The third-order valence-electron chi connectivity index (χ3n) is 5.46. The molecule has 1 fully saturated rings. The maximum Gasteiger partial charge on any atom is 0.241 e. The third kappa shape index (κ3) is 4.13. The summed E-state index contributed by atoms with van der Waals surface area (Å²) in [6.07, 6.45) is 1.86. The van der Waals surface area contributed by atoms with Gasteiger partial charge in [-0.3, -0.25) is 9.69 Å². The highest BCUT2D eigenvalue weighted by molar-refractivity contribution is 7.13. The fourth-order valence-corrected chi connectivity index (χ4v) is 4.59. The number of likely N-dealkylation sites (tertiary alicyclic amines) is 1. The molecule has 1 N–H and O–H groups in total. The van der Waals surface area contributed by atoms with Gasteiger partial charge < -0.3 is 9.84 Å². The van der Waals surface area contributed by atoms with E-state index in [1.165, 1.54) is 5.39 Å². The number of amides is 1. The Bertz CT molecular complexity index is 1150. The second-order valence-corrected chi connectivity index (χ2v) is 8.56. The van der Waals surface area contributed by atoms with E-state index in [1.54, 1.807) is 11.3 Å². The molecular weight excluding hydrogens is 396 g/mol. The Morgan fingerprint density at radius 1 is 1.17 bits per heavy atom. The van der Waals surface area contributed by atoms with E-state index in [0.29, 0.717) is 24.8 Å². The van der Waals surface area contributed by atoms with Crippen LogP contribution in [0, 0.1) is 5.92 Å². The molecule has 2 aromatic heterocycles. The van der Waals surface area contributed by atoms with Crippen molar-refractivity contribution in [2.24, 2.45) is 5.92 Å². The molecule has 0 saturated carbocycles. The Kier molecular flexibility index (Phi) is 5.29. The minimum atomic E-state index is -0.0510. The minimum Gasteiger partial charge on any atom is -0.338 e. The summed E-state index contributed by atoms with van der Waals surface area (Å²) in [5, 5.41) is 11.5. The number of thiophene rings is 1. The summed E-state index contributed by atoms with van der Waals surface area (Å²) in [6, 6.07) is 18.1. The van der Waals surface area contributed by atoms with Crippen LogP contribution in [0.25, 0.3) is 21.5 Å². The van der Waals surface area contributed by atoms with E-state index in [1.807, 2.05) is 47.8 Å². The predicted octanol–water partition coefficient (Wildman–Crippen LogP) is 4.80. The molecule has 5 rings (SSSR count). The van der Waals surface area contributed by atoms with E-state index in [2.05, 4.69) is 32.5 Å². The number of hydrogen-bond acceptors (Lipinski definition) is 6. The topological polar surface area (TPSA) is 71.3 Å². The van der Waals surface area contributed by atoms with Gasteiger partial charge in [-0.2, -0.15) is 4.98 Å². The molecule has 6 nitrogen and oxygen atoms in total. The summed E-state index contributed by atoms with van der Waals surface area (Å²) in [5.41, 5.74) is 0.841. The summed E-state index contributed by atoms with van der Waals surface area (Å²) >= 11 is 1.59. The molecule has 1 amide bonds. The zero-order chi connectivity index (χ0) is 20.3. The largest absolute Gasteiger partial charge is 0.338 e. The molecule has 152 valence electrons. The maximum atomic E-state index is 12.9. The van der Waals surface area contributed by atoms with Crippen LogP contribution < -0.4 is 5.32 Å². The van der Waals surface area contributed by atoms with Gasteiger partial charge in [-0.05, 0) is 53.7 Å². The number of aromatic nitrogens is 2. The number of carbonyl (C=O) groups is 1. The van der Waals surface area contributed by atoms with Gasteiger partial charge in [0.2, 0.25) is 17.6 Å². The minimum absolute atomic E-state index is 0.0510. The molecule has 4 aromatic rings. The normalized spacial score (nSPS) is 17.3. The van der Waals surface area contributed by atoms with Gasteiger partial charge in [-0.25, -0.2) is 0 Å². The van der Waals surface area contributed by atoms with Crippen LogP contribution in [0.2, 0.25) is 0 Å². The number of nitrogens with one attached hydrogen (secondary N) is 1. The Balaban J connectivity index is 1.22. The monoisotopic (exact) mass is 418 g/mol. The Hall–Kier alpha value is -3.03. The molecule has 30 heavy (non-hydrogen) atoms. The predicted molar refractivity (Wildman–Crippen MR) is 118 cm³/mol. The van der Waals surface area contributed by atoms with Crippen molar-refractivity contribution in [1.82, 2.24) is 15.0 Å². The van der Waals surface area contributed by atoms with Crippen molar-refractivity contribution >= 4 is 33.7 Å². The lowest BCUT2D eigenvalue weighted by Gasteiger charge is -2.30. The summed E-state index contributed by atoms with van der Waals surface area (Å²) in [6.45, 7) is 2.19. The molecule has 1 aliphatic rings. The smallest absolute Gasteiger partial charge is 0.241 e. The molecular formula is C23H22N4O2S. The van der Waals surface area contributed by atoms with Crippen molar-refractivity contribution < 1.29 is 9.32 Å². The molecule has 1 atom stereocenters. The van der Waals surface area contributed by atoms with Gasteiger partial charge in [-0.15, -0.1) is 11.3 Å². The van der Waals surface area contributed by atoms with Crippen LogP contribution in [0.3, 0.4) is 0 Å². The lowest BCUT2D eigenvalue weighted by molar-refractivity contribution is -0.121. The van der Waals surface area contributed by atoms with Crippen molar-refractivity contribution in [1.29, 1.82) is 0 Å². The van der Waals surface area contributed by atoms with E-state index < -0.39 is 0 Å². The highest BCUT2D eigenvalue weighted by atomic mass is 32.1. The van der Waals surface area contributed by atoms with Crippen LogP contribution >= 0.6 is 11.3 Å². The molecule has 0 bridgehead atoms. The maximum absolute atomic E-state index is 12.9. The Morgan fingerprint density at radius 2 is 2.07 bits per heavy atom. The van der Waals surface area contributed by atoms with Crippen molar-refractivity contribution in [3.63, 3.8) is 0 Å². The number of fused-ring (bicyclic) bond motifs is 1. The van der Waals surface area contributed by atoms with Gasteiger partial charge in [0.05, 0.1) is 17.3 Å². The number of benzene rings is 2. The molecule has 1 unspecified atom stereocenters. The molecule has 0 aliphatic carbocycles. The highest BCUT2D eigenvalue weighted by Crippen LogP contribution is 2.24. The SMILES string of the molecule is O=C(Nc1ccc2ccccc2c1)C1CCCN(Cc2nc(-c3cccs3)no2)C1. The van der Waals surface area contributed by atoms with Crippen LogP contribution in [0.4, 0.5) is 5.69 Å². The molecule has 1 aliphatic heterocycles.